The van der Waals surface area contributed by atoms with Crippen molar-refractivity contribution in [1.29, 1.82) is 0 Å². The zero-order valence-electron chi connectivity index (χ0n) is 17.2. The summed E-state index contributed by atoms with van der Waals surface area (Å²) in [6.07, 6.45) is 3.74. The number of pyridine rings is 1. The minimum atomic E-state index is -3.65. The molecule has 1 aromatic heterocycles. The van der Waals surface area contributed by atoms with Crippen molar-refractivity contribution in [3.8, 4) is 11.5 Å². The zero-order valence-corrected chi connectivity index (χ0v) is 18.0. The monoisotopic (exact) mass is 439 g/mol. The normalized spacial score (nSPS) is 19.0. The highest BCUT2D eigenvalue weighted by Crippen LogP contribution is 2.37. The smallest absolute Gasteiger partial charge is 0.242 e. The Morgan fingerprint density at radius 2 is 1.90 bits per heavy atom. The van der Waals surface area contributed by atoms with Gasteiger partial charge in [-0.25, -0.2) is 13.1 Å². The number of likely N-dealkylation sites (tertiary alicyclic amines) is 1. The van der Waals surface area contributed by atoms with Crippen LogP contribution in [0, 0.1) is 0 Å². The van der Waals surface area contributed by atoms with Crippen LogP contribution in [0.15, 0.2) is 59.6 Å². The predicted molar refractivity (Wildman–Crippen MR) is 118 cm³/mol. The fourth-order valence-electron chi connectivity index (χ4n) is 4.43. The van der Waals surface area contributed by atoms with E-state index in [1.165, 1.54) is 5.56 Å². The molecule has 0 aliphatic carbocycles. The lowest BCUT2D eigenvalue weighted by molar-refractivity contribution is 0.170. The van der Waals surface area contributed by atoms with E-state index < -0.39 is 10.0 Å². The number of nitrogens with zero attached hydrogens (tertiary/aromatic N) is 2. The van der Waals surface area contributed by atoms with Gasteiger partial charge in [-0.15, -0.1) is 0 Å². The molecule has 1 N–H and O–H groups in total. The standard InChI is InChI=1S/C23H25N3O4S/c27-31(28,22-7-1-4-17-5-2-10-24-23(17)22)25-11-13-26-12-3-6-19(26)18-8-9-20-21(16-18)30-15-14-29-20/h1-2,4-5,7-10,16,19,25H,3,6,11-15H2. The maximum absolute atomic E-state index is 12.9. The van der Waals surface area contributed by atoms with E-state index in [1.807, 2.05) is 18.2 Å². The van der Waals surface area contributed by atoms with Crippen molar-refractivity contribution in [1.82, 2.24) is 14.6 Å². The molecule has 0 radical (unpaired) electrons. The summed E-state index contributed by atoms with van der Waals surface area (Å²) in [5.74, 6) is 1.58. The number of sulfonamides is 1. The Kier molecular flexibility index (Phi) is 5.52. The number of hydrogen-bond acceptors (Lipinski definition) is 6. The molecule has 1 saturated heterocycles. The number of benzene rings is 2. The van der Waals surface area contributed by atoms with E-state index in [1.54, 1.807) is 24.4 Å². The summed E-state index contributed by atoms with van der Waals surface area (Å²) in [7, 11) is -3.65. The minimum absolute atomic E-state index is 0.218. The van der Waals surface area contributed by atoms with Crippen LogP contribution in [-0.4, -0.2) is 51.1 Å². The highest BCUT2D eigenvalue weighted by atomic mass is 32.2. The van der Waals surface area contributed by atoms with Gasteiger partial charge >= 0.3 is 0 Å². The minimum Gasteiger partial charge on any atom is -0.486 e. The number of para-hydroxylation sites is 1. The highest BCUT2D eigenvalue weighted by Gasteiger charge is 2.27. The molecule has 1 atom stereocenters. The van der Waals surface area contributed by atoms with Gasteiger partial charge in [-0.1, -0.05) is 24.3 Å². The molecular weight excluding hydrogens is 414 g/mol. The summed E-state index contributed by atoms with van der Waals surface area (Å²) < 4.78 is 40.0. The average molecular weight is 440 g/mol. The zero-order chi connectivity index (χ0) is 21.3. The molecule has 31 heavy (non-hydrogen) atoms. The lowest BCUT2D eigenvalue weighted by Gasteiger charge is -2.26. The van der Waals surface area contributed by atoms with E-state index in [-0.39, 0.29) is 10.9 Å². The molecule has 8 heteroatoms. The van der Waals surface area contributed by atoms with E-state index >= 15 is 0 Å². The Morgan fingerprint density at radius 1 is 1.06 bits per heavy atom. The third kappa shape index (κ3) is 4.11. The number of hydrogen-bond donors (Lipinski definition) is 1. The molecule has 0 amide bonds. The number of fused-ring (bicyclic) bond motifs is 2. The van der Waals surface area contributed by atoms with Gasteiger partial charge < -0.3 is 9.47 Å². The van der Waals surface area contributed by atoms with Crippen molar-refractivity contribution in [3.05, 3.63) is 60.3 Å². The van der Waals surface area contributed by atoms with Crippen LogP contribution in [0.1, 0.15) is 24.4 Å². The van der Waals surface area contributed by atoms with Crippen LogP contribution < -0.4 is 14.2 Å². The topological polar surface area (TPSA) is 80.8 Å². The first kappa shape index (κ1) is 20.2. The van der Waals surface area contributed by atoms with Gasteiger partial charge in [-0.3, -0.25) is 9.88 Å². The van der Waals surface area contributed by atoms with E-state index in [0.717, 1.165) is 36.3 Å². The Morgan fingerprint density at radius 3 is 2.81 bits per heavy atom. The fraction of sp³-hybridized carbons (Fsp3) is 0.348. The first-order chi connectivity index (χ1) is 15.1. The van der Waals surface area contributed by atoms with Crippen LogP contribution in [0.25, 0.3) is 10.9 Å². The second-order valence-corrected chi connectivity index (χ2v) is 9.56. The number of ether oxygens (including phenoxy) is 2. The van der Waals surface area contributed by atoms with Gasteiger partial charge in [0.2, 0.25) is 10.0 Å². The largest absolute Gasteiger partial charge is 0.486 e. The summed E-state index contributed by atoms with van der Waals surface area (Å²) >= 11 is 0. The van der Waals surface area contributed by atoms with Crippen molar-refractivity contribution in [2.75, 3.05) is 32.8 Å². The summed E-state index contributed by atoms with van der Waals surface area (Å²) in [5.41, 5.74) is 1.68. The molecule has 3 aromatic rings. The second-order valence-electron chi connectivity index (χ2n) is 7.83. The Balaban J connectivity index is 1.27. The van der Waals surface area contributed by atoms with Gasteiger partial charge in [-0.2, -0.15) is 0 Å². The summed E-state index contributed by atoms with van der Waals surface area (Å²) in [4.78, 5) is 6.81. The second kappa shape index (κ2) is 8.45. The molecule has 5 rings (SSSR count). The molecule has 162 valence electrons. The Hall–Kier alpha value is -2.68. The summed E-state index contributed by atoms with van der Waals surface area (Å²) in [6, 6.07) is 15.2. The Labute approximate surface area is 182 Å². The lowest BCUT2D eigenvalue weighted by atomic mass is 10.0. The van der Waals surface area contributed by atoms with Gasteiger partial charge in [0.05, 0.1) is 5.52 Å². The molecule has 1 fully saturated rings. The van der Waals surface area contributed by atoms with Gasteiger partial charge in [-0.05, 0) is 49.2 Å². The van der Waals surface area contributed by atoms with Crippen molar-refractivity contribution in [3.63, 3.8) is 0 Å². The number of rotatable bonds is 6. The van der Waals surface area contributed by atoms with Crippen LogP contribution in [-0.2, 0) is 10.0 Å². The van der Waals surface area contributed by atoms with Crippen molar-refractivity contribution in [2.45, 2.75) is 23.8 Å². The first-order valence-corrected chi connectivity index (χ1v) is 12.1. The van der Waals surface area contributed by atoms with E-state index in [9.17, 15) is 8.42 Å². The van der Waals surface area contributed by atoms with Crippen LogP contribution in [0.2, 0.25) is 0 Å². The SMILES string of the molecule is O=S(=O)(NCCN1CCCC1c1ccc2c(c1)OCCO2)c1cccc2cccnc12. The van der Waals surface area contributed by atoms with Crippen LogP contribution in [0.3, 0.4) is 0 Å². The third-order valence-electron chi connectivity index (χ3n) is 5.89. The maximum Gasteiger partial charge on any atom is 0.242 e. The third-order valence-corrected chi connectivity index (χ3v) is 7.38. The molecule has 0 saturated carbocycles. The number of nitrogens with one attached hydrogen (secondary N) is 1. The predicted octanol–water partition coefficient (Wildman–Crippen LogP) is 3.12. The first-order valence-electron chi connectivity index (χ1n) is 10.6. The highest BCUT2D eigenvalue weighted by molar-refractivity contribution is 7.89. The van der Waals surface area contributed by atoms with Crippen LogP contribution >= 0.6 is 0 Å². The molecule has 0 spiro atoms. The van der Waals surface area contributed by atoms with Crippen LogP contribution in [0.5, 0.6) is 11.5 Å². The summed E-state index contributed by atoms with van der Waals surface area (Å²) in [6.45, 7) is 3.06. The van der Waals surface area contributed by atoms with Crippen molar-refractivity contribution < 1.29 is 17.9 Å². The van der Waals surface area contributed by atoms with E-state index in [0.29, 0.717) is 31.8 Å². The molecule has 2 aromatic carbocycles. The van der Waals surface area contributed by atoms with Crippen LogP contribution in [0.4, 0.5) is 0 Å². The molecule has 2 aliphatic heterocycles. The molecule has 0 bridgehead atoms. The molecule has 1 unspecified atom stereocenters. The van der Waals surface area contributed by atoms with Gasteiger partial charge in [0, 0.05) is 30.7 Å². The van der Waals surface area contributed by atoms with Gasteiger partial charge in [0.25, 0.3) is 0 Å². The molecule has 2 aliphatic rings. The lowest BCUT2D eigenvalue weighted by Crippen LogP contribution is -2.34. The number of aromatic nitrogens is 1. The van der Waals surface area contributed by atoms with E-state index in [4.69, 9.17) is 9.47 Å². The van der Waals surface area contributed by atoms with Crippen molar-refractivity contribution in [2.24, 2.45) is 0 Å². The quantitative estimate of drug-likeness (QED) is 0.636. The average Bonchev–Trinajstić information content (AvgIpc) is 3.27. The molecular formula is C23H25N3O4S. The fourth-order valence-corrected chi connectivity index (χ4v) is 5.63. The molecule has 7 nitrogen and oxygen atoms in total. The maximum atomic E-state index is 12.9. The van der Waals surface area contributed by atoms with E-state index in [2.05, 4.69) is 26.7 Å². The molecule has 3 heterocycles. The summed E-state index contributed by atoms with van der Waals surface area (Å²) in [5, 5.41) is 0.809. The Bertz CT molecular complexity index is 1190. The van der Waals surface area contributed by atoms with Gasteiger partial charge in [0.1, 0.15) is 18.1 Å². The van der Waals surface area contributed by atoms with Crippen molar-refractivity contribution >= 4 is 20.9 Å². The van der Waals surface area contributed by atoms with Gasteiger partial charge in [0.15, 0.2) is 11.5 Å².